The highest BCUT2D eigenvalue weighted by Gasteiger charge is 2.11. The summed E-state index contributed by atoms with van der Waals surface area (Å²) in [5, 5.41) is 0. The van der Waals surface area contributed by atoms with Gasteiger partial charge in [0, 0.05) is 31.9 Å². The molecule has 0 aromatic carbocycles. The summed E-state index contributed by atoms with van der Waals surface area (Å²) in [7, 11) is 1.81. The van der Waals surface area contributed by atoms with Gasteiger partial charge in [0.1, 0.15) is 6.33 Å². The standard InChI is InChI=1S/C13H15FN4/c1-10-12(14)13(17-9-16-10)18(2)8-6-11-5-3-4-7-15-11/h3-5,7,9H,6,8H2,1-2H3. The molecule has 0 N–H and O–H groups in total. The number of likely N-dealkylation sites (N-methyl/N-ethyl adjacent to an activating group) is 1. The smallest absolute Gasteiger partial charge is 0.186 e. The number of nitrogens with zero attached hydrogens (tertiary/aromatic N) is 4. The van der Waals surface area contributed by atoms with Crippen molar-refractivity contribution in [1.82, 2.24) is 15.0 Å². The second-order valence-corrected chi connectivity index (χ2v) is 4.09. The molecule has 0 aliphatic rings. The van der Waals surface area contributed by atoms with Crippen molar-refractivity contribution < 1.29 is 4.39 Å². The van der Waals surface area contributed by atoms with Crippen LogP contribution in [0.1, 0.15) is 11.4 Å². The van der Waals surface area contributed by atoms with Gasteiger partial charge in [0.2, 0.25) is 0 Å². The van der Waals surface area contributed by atoms with Gasteiger partial charge in [-0.2, -0.15) is 0 Å². The van der Waals surface area contributed by atoms with Gasteiger partial charge in [0.25, 0.3) is 0 Å². The van der Waals surface area contributed by atoms with Crippen molar-refractivity contribution in [2.45, 2.75) is 13.3 Å². The molecule has 94 valence electrons. The van der Waals surface area contributed by atoms with Gasteiger partial charge in [-0.3, -0.25) is 4.98 Å². The lowest BCUT2D eigenvalue weighted by Crippen LogP contribution is -2.23. The Labute approximate surface area is 106 Å². The molecule has 2 rings (SSSR count). The molecule has 5 heteroatoms. The van der Waals surface area contributed by atoms with Crippen molar-refractivity contribution in [2.24, 2.45) is 0 Å². The van der Waals surface area contributed by atoms with Crippen molar-refractivity contribution in [2.75, 3.05) is 18.5 Å². The van der Waals surface area contributed by atoms with Gasteiger partial charge in [-0.25, -0.2) is 14.4 Å². The van der Waals surface area contributed by atoms with Crippen LogP contribution in [0.5, 0.6) is 0 Å². The maximum atomic E-state index is 13.8. The van der Waals surface area contributed by atoms with Crippen LogP contribution in [0, 0.1) is 12.7 Å². The molecule has 2 aromatic rings. The lowest BCUT2D eigenvalue weighted by molar-refractivity contribution is 0.595. The molecule has 0 radical (unpaired) electrons. The molecule has 0 aliphatic heterocycles. The molecule has 0 spiro atoms. The lowest BCUT2D eigenvalue weighted by Gasteiger charge is -2.18. The number of aryl methyl sites for hydroxylation is 1. The first kappa shape index (κ1) is 12.4. The maximum absolute atomic E-state index is 13.8. The van der Waals surface area contributed by atoms with Crippen LogP contribution in [0.25, 0.3) is 0 Å². The summed E-state index contributed by atoms with van der Waals surface area (Å²) in [5.41, 5.74) is 1.35. The molecule has 0 unspecified atom stereocenters. The van der Waals surface area contributed by atoms with E-state index in [0.717, 1.165) is 12.1 Å². The molecule has 0 bridgehead atoms. The van der Waals surface area contributed by atoms with Crippen LogP contribution < -0.4 is 4.90 Å². The predicted molar refractivity (Wildman–Crippen MR) is 67.9 cm³/mol. The molecular weight excluding hydrogens is 231 g/mol. The van der Waals surface area contributed by atoms with Crippen LogP contribution in [0.15, 0.2) is 30.7 Å². The second-order valence-electron chi connectivity index (χ2n) is 4.09. The number of hydrogen-bond acceptors (Lipinski definition) is 4. The zero-order valence-electron chi connectivity index (χ0n) is 10.5. The van der Waals surface area contributed by atoms with E-state index in [9.17, 15) is 4.39 Å². The summed E-state index contributed by atoms with van der Waals surface area (Å²) in [6.07, 6.45) is 3.88. The van der Waals surface area contributed by atoms with E-state index < -0.39 is 0 Å². The molecule has 2 aromatic heterocycles. The minimum absolute atomic E-state index is 0.332. The molecular formula is C13H15FN4. The Morgan fingerprint density at radius 2 is 2.06 bits per heavy atom. The molecule has 2 heterocycles. The van der Waals surface area contributed by atoms with Gasteiger partial charge in [-0.05, 0) is 19.1 Å². The fraction of sp³-hybridized carbons (Fsp3) is 0.308. The highest BCUT2D eigenvalue weighted by atomic mass is 19.1. The zero-order chi connectivity index (χ0) is 13.0. The number of anilines is 1. The van der Waals surface area contributed by atoms with Gasteiger partial charge in [-0.15, -0.1) is 0 Å². The summed E-state index contributed by atoms with van der Waals surface area (Å²) in [6.45, 7) is 2.29. The third kappa shape index (κ3) is 2.80. The van der Waals surface area contributed by atoms with Gasteiger partial charge < -0.3 is 4.90 Å². The van der Waals surface area contributed by atoms with E-state index in [1.165, 1.54) is 6.33 Å². The van der Waals surface area contributed by atoms with Crippen molar-refractivity contribution in [3.63, 3.8) is 0 Å². The monoisotopic (exact) mass is 246 g/mol. The lowest BCUT2D eigenvalue weighted by atomic mass is 10.2. The number of aromatic nitrogens is 3. The SMILES string of the molecule is Cc1ncnc(N(C)CCc2ccccn2)c1F. The minimum atomic E-state index is -0.360. The van der Waals surface area contributed by atoms with E-state index in [2.05, 4.69) is 15.0 Å². The van der Waals surface area contributed by atoms with E-state index >= 15 is 0 Å². The van der Waals surface area contributed by atoms with Gasteiger partial charge in [0.05, 0.1) is 5.69 Å². The Kier molecular flexibility index (Phi) is 3.82. The predicted octanol–water partition coefficient (Wildman–Crippen LogP) is 2.00. The van der Waals surface area contributed by atoms with Crippen molar-refractivity contribution in [3.05, 3.63) is 47.9 Å². The Balaban J connectivity index is 2.04. The van der Waals surface area contributed by atoms with Crippen molar-refractivity contribution in [1.29, 1.82) is 0 Å². The van der Waals surface area contributed by atoms with Gasteiger partial charge >= 0.3 is 0 Å². The summed E-state index contributed by atoms with van der Waals surface area (Å²) in [6, 6.07) is 5.77. The molecule has 0 aliphatic carbocycles. The first-order valence-corrected chi connectivity index (χ1v) is 5.76. The zero-order valence-corrected chi connectivity index (χ0v) is 10.5. The van der Waals surface area contributed by atoms with Crippen LogP contribution in [-0.2, 0) is 6.42 Å². The number of pyridine rings is 1. The molecule has 18 heavy (non-hydrogen) atoms. The quantitative estimate of drug-likeness (QED) is 0.827. The van der Waals surface area contributed by atoms with Crippen LogP contribution in [0.4, 0.5) is 10.2 Å². The topological polar surface area (TPSA) is 41.9 Å². The summed E-state index contributed by atoms with van der Waals surface area (Å²) < 4.78 is 13.8. The fourth-order valence-electron chi connectivity index (χ4n) is 1.65. The van der Waals surface area contributed by atoms with Crippen molar-refractivity contribution in [3.8, 4) is 0 Å². The number of halogens is 1. The highest BCUT2D eigenvalue weighted by molar-refractivity contribution is 5.39. The number of rotatable bonds is 4. The Morgan fingerprint density at radius 3 is 2.78 bits per heavy atom. The normalized spacial score (nSPS) is 10.4. The maximum Gasteiger partial charge on any atom is 0.186 e. The highest BCUT2D eigenvalue weighted by Crippen LogP contribution is 2.15. The van der Waals surface area contributed by atoms with Crippen LogP contribution in [0.3, 0.4) is 0 Å². The van der Waals surface area contributed by atoms with Crippen LogP contribution in [0.2, 0.25) is 0 Å². The van der Waals surface area contributed by atoms with Gasteiger partial charge in [-0.1, -0.05) is 6.07 Å². The summed E-state index contributed by atoms with van der Waals surface area (Å²) in [4.78, 5) is 13.8. The van der Waals surface area contributed by atoms with E-state index in [1.54, 1.807) is 18.0 Å². The summed E-state index contributed by atoms with van der Waals surface area (Å²) >= 11 is 0. The van der Waals surface area contributed by atoms with E-state index in [4.69, 9.17) is 0 Å². The molecule has 0 atom stereocenters. The van der Waals surface area contributed by atoms with Crippen LogP contribution >= 0.6 is 0 Å². The average molecular weight is 246 g/mol. The molecule has 0 amide bonds. The third-order valence-corrected chi connectivity index (χ3v) is 2.74. The van der Waals surface area contributed by atoms with Crippen LogP contribution in [-0.4, -0.2) is 28.5 Å². The van der Waals surface area contributed by atoms with E-state index in [1.807, 2.05) is 25.2 Å². The Hall–Kier alpha value is -2.04. The van der Waals surface area contributed by atoms with E-state index in [-0.39, 0.29) is 5.82 Å². The first-order valence-electron chi connectivity index (χ1n) is 5.76. The van der Waals surface area contributed by atoms with E-state index in [0.29, 0.717) is 18.1 Å². The first-order chi connectivity index (χ1) is 8.68. The van der Waals surface area contributed by atoms with Gasteiger partial charge in [0.15, 0.2) is 11.6 Å². The number of hydrogen-bond donors (Lipinski definition) is 0. The Bertz CT molecular complexity index is 516. The molecule has 0 saturated heterocycles. The van der Waals surface area contributed by atoms with Crippen molar-refractivity contribution >= 4 is 5.82 Å². The largest absolute Gasteiger partial charge is 0.357 e. The Morgan fingerprint density at radius 1 is 1.22 bits per heavy atom. The fourth-order valence-corrected chi connectivity index (χ4v) is 1.65. The molecule has 4 nitrogen and oxygen atoms in total. The molecule has 0 saturated carbocycles. The average Bonchev–Trinajstić information content (AvgIpc) is 2.40. The second kappa shape index (κ2) is 5.53. The summed E-state index contributed by atoms with van der Waals surface area (Å²) in [5.74, 6) is -0.0283. The third-order valence-electron chi connectivity index (χ3n) is 2.74. The minimum Gasteiger partial charge on any atom is -0.357 e. The molecule has 0 fully saturated rings.